The molecule has 2 aromatic heterocycles. The molecule has 0 atom stereocenters. The van der Waals surface area contributed by atoms with Crippen molar-refractivity contribution < 1.29 is 4.79 Å². The van der Waals surface area contributed by atoms with Crippen LogP contribution in [-0.2, 0) is 24.2 Å². The fourth-order valence-corrected chi connectivity index (χ4v) is 3.18. The van der Waals surface area contributed by atoms with E-state index in [2.05, 4.69) is 15.2 Å². The van der Waals surface area contributed by atoms with Gasteiger partial charge in [-0.15, -0.1) is 0 Å². The molecule has 0 aliphatic carbocycles. The third-order valence-corrected chi connectivity index (χ3v) is 4.55. The van der Waals surface area contributed by atoms with E-state index in [1.54, 1.807) is 0 Å². The number of carbonyl (C=O) groups excluding carboxylic acids is 1. The number of aromatic nitrogens is 3. The van der Waals surface area contributed by atoms with E-state index in [-0.39, 0.29) is 5.91 Å². The lowest BCUT2D eigenvalue weighted by molar-refractivity contribution is -0.131. The zero-order valence-electron chi connectivity index (χ0n) is 12.4. The maximum absolute atomic E-state index is 12.5. The minimum absolute atomic E-state index is 0.130. The summed E-state index contributed by atoms with van der Waals surface area (Å²) in [6, 6.07) is 7.42. The Morgan fingerprint density at radius 2 is 2.09 bits per heavy atom. The molecule has 3 heterocycles. The molecule has 0 saturated heterocycles. The van der Waals surface area contributed by atoms with E-state index in [0.717, 1.165) is 35.1 Å². The van der Waals surface area contributed by atoms with E-state index >= 15 is 0 Å². The molecule has 1 N–H and O–H groups in total. The van der Waals surface area contributed by atoms with E-state index in [9.17, 15) is 4.79 Å². The number of hydrogen-bond donors (Lipinski definition) is 1. The highest BCUT2D eigenvalue weighted by Crippen LogP contribution is 2.25. The Hall–Kier alpha value is -2.40. The van der Waals surface area contributed by atoms with Crippen molar-refractivity contribution in [3.63, 3.8) is 0 Å². The lowest BCUT2D eigenvalue weighted by Gasteiger charge is -2.29. The lowest BCUT2D eigenvalue weighted by Crippen LogP contribution is -2.37. The number of halogens is 1. The molecule has 6 heteroatoms. The van der Waals surface area contributed by atoms with Crippen LogP contribution in [0.5, 0.6) is 0 Å². The molecule has 1 aliphatic heterocycles. The van der Waals surface area contributed by atoms with Gasteiger partial charge in [0.15, 0.2) is 5.65 Å². The van der Waals surface area contributed by atoms with E-state index in [0.29, 0.717) is 18.0 Å². The minimum atomic E-state index is 0.130. The SMILES string of the molecule is O=C(Cc1ccc(Cl)cc1)N1CCc2c(cnc3[nH]ncc23)C1. The summed E-state index contributed by atoms with van der Waals surface area (Å²) in [6.07, 6.45) is 4.89. The number of nitrogens with zero attached hydrogens (tertiary/aromatic N) is 3. The van der Waals surface area contributed by atoms with Gasteiger partial charge in [0, 0.05) is 29.7 Å². The second-order valence-corrected chi connectivity index (χ2v) is 6.20. The molecule has 3 aromatic rings. The molecule has 4 rings (SSSR count). The Labute approximate surface area is 138 Å². The molecule has 0 spiro atoms. The Bertz CT molecular complexity index is 872. The first-order valence-electron chi connectivity index (χ1n) is 7.53. The van der Waals surface area contributed by atoms with Gasteiger partial charge in [-0.3, -0.25) is 9.89 Å². The first-order valence-corrected chi connectivity index (χ1v) is 7.90. The smallest absolute Gasteiger partial charge is 0.227 e. The van der Waals surface area contributed by atoms with Crippen LogP contribution >= 0.6 is 11.6 Å². The van der Waals surface area contributed by atoms with E-state index in [4.69, 9.17) is 11.6 Å². The van der Waals surface area contributed by atoms with Gasteiger partial charge in [0.1, 0.15) is 0 Å². The van der Waals surface area contributed by atoms with Crippen LogP contribution < -0.4 is 0 Å². The van der Waals surface area contributed by atoms with Gasteiger partial charge >= 0.3 is 0 Å². The maximum Gasteiger partial charge on any atom is 0.227 e. The van der Waals surface area contributed by atoms with Gasteiger partial charge in [-0.25, -0.2) is 4.98 Å². The summed E-state index contributed by atoms with van der Waals surface area (Å²) in [5.41, 5.74) is 4.15. The molecule has 0 saturated carbocycles. The molecule has 0 bridgehead atoms. The number of fused-ring (bicyclic) bond motifs is 3. The number of H-pyrrole nitrogens is 1. The third-order valence-electron chi connectivity index (χ3n) is 4.30. The van der Waals surface area contributed by atoms with Gasteiger partial charge in [-0.1, -0.05) is 23.7 Å². The van der Waals surface area contributed by atoms with Crippen molar-refractivity contribution in [2.24, 2.45) is 0 Å². The molecular formula is C17H15ClN4O. The second kappa shape index (κ2) is 5.66. The average Bonchev–Trinajstić information content (AvgIpc) is 3.05. The maximum atomic E-state index is 12.5. The number of aromatic amines is 1. The highest BCUT2D eigenvalue weighted by Gasteiger charge is 2.23. The van der Waals surface area contributed by atoms with Crippen molar-refractivity contribution in [2.45, 2.75) is 19.4 Å². The number of hydrogen-bond acceptors (Lipinski definition) is 3. The molecule has 1 aliphatic rings. The van der Waals surface area contributed by atoms with Gasteiger partial charge in [-0.2, -0.15) is 5.10 Å². The summed E-state index contributed by atoms with van der Waals surface area (Å²) in [5, 5.41) is 8.68. The Kier molecular flexibility index (Phi) is 3.50. The lowest BCUT2D eigenvalue weighted by atomic mass is 9.98. The molecule has 1 aromatic carbocycles. The number of nitrogens with one attached hydrogen (secondary N) is 1. The first-order chi connectivity index (χ1) is 11.2. The second-order valence-electron chi connectivity index (χ2n) is 5.76. The van der Waals surface area contributed by atoms with Gasteiger partial charge in [0.25, 0.3) is 0 Å². The van der Waals surface area contributed by atoms with Crippen molar-refractivity contribution in [1.29, 1.82) is 0 Å². The van der Waals surface area contributed by atoms with Crippen LogP contribution in [0.3, 0.4) is 0 Å². The molecular weight excluding hydrogens is 312 g/mol. The van der Waals surface area contributed by atoms with Crippen LogP contribution in [0.4, 0.5) is 0 Å². The quantitative estimate of drug-likeness (QED) is 0.787. The average molecular weight is 327 g/mol. The Balaban J connectivity index is 1.53. The van der Waals surface area contributed by atoms with Crippen LogP contribution in [0.1, 0.15) is 16.7 Å². The van der Waals surface area contributed by atoms with Crippen molar-refractivity contribution in [1.82, 2.24) is 20.1 Å². The summed E-state index contributed by atoms with van der Waals surface area (Å²) in [5.74, 6) is 0.130. The van der Waals surface area contributed by atoms with Crippen molar-refractivity contribution in [2.75, 3.05) is 6.54 Å². The highest BCUT2D eigenvalue weighted by atomic mass is 35.5. The van der Waals surface area contributed by atoms with Gasteiger partial charge in [-0.05, 0) is 35.2 Å². The van der Waals surface area contributed by atoms with Crippen LogP contribution in [-0.4, -0.2) is 32.5 Å². The van der Waals surface area contributed by atoms with Crippen LogP contribution in [0.25, 0.3) is 11.0 Å². The summed E-state index contributed by atoms with van der Waals surface area (Å²) in [4.78, 5) is 18.8. The predicted octanol–water partition coefficient (Wildman–Crippen LogP) is 2.74. The molecule has 1 amide bonds. The highest BCUT2D eigenvalue weighted by molar-refractivity contribution is 6.30. The van der Waals surface area contributed by atoms with Crippen LogP contribution in [0.2, 0.25) is 5.02 Å². The Morgan fingerprint density at radius 3 is 2.91 bits per heavy atom. The normalized spacial score (nSPS) is 14.0. The fourth-order valence-electron chi connectivity index (χ4n) is 3.06. The molecule has 5 nitrogen and oxygen atoms in total. The van der Waals surface area contributed by atoms with E-state index < -0.39 is 0 Å². The molecule has 0 unspecified atom stereocenters. The third kappa shape index (κ3) is 2.68. The minimum Gasteiger partial charge on any atom is -0.338 e. The Morgan fingerprint density at radius 1 is 1.26 bits per heavy atom. The van der Waals surface area contributed by atoms with Gasteiger partial charge in [0.2, 0.25) is 5.91 Å². The predicted molar refractivity (Wildman–Crippen MR) is 88.2 cm³/mol. The summed E-state index contributed by atoms with van der Waals surface area (Å²) in [6.45, 7) is 1.33. The van der Waals surface area contributed by atoms with E-state index in [1.165, 1.54) is 5.56 Å². The standard InChI is InChI=1S/C17H15ClN4O/c18-13-3-1-11(2-4-13)7-16(23)22-6-5-14-12(10-22)8-19-17-15(14)9-20-21-17/h1-4,8-9H,5-7,10H2,(H,19,20,21). The summed E-state index contributed by atoms with van der Waals surface area (Å²) in [7, 11) is 0. The molecule has 0 fully saturated rings. The van der Waals surface area contributed by atoms with Gasteiger partial charge in [0.05, 0.1) is 12.6 Å². The molecule has 0 radical (unpaired) electrons. The zero-order chi connectivity index (χ0) is 15.8. The fraction of sp³-hybridized carbons (Fsp3) is 0.235. The topological polar surface area (TPSA) is 61.9 Å². The van der Waals surface area contributed by atoms with Crippen molar-refractivity contribution in [3.05, 3.63) is 58.4 Å². The first kappa shape index (κ1) is 14.2. The number of amides is 1. The number of carbonyl (C=O) groups is 1. The molecule has 116 valence electrons. The summed E-state index contributed by atoms with van der Waals surface area (Å²) < 4.78 is 0. The number of benzene rings is 1. The van der Waals surface area contributed by atoms with Crippen molar-refractivity contribution >= 4 is 28.5 Å². The largest absolute Gasteiger partial charge is 0.338 e. The zero-order valence-corrected chi connectivity index (χ0v) is 13.2. The number of pyridine rings is 1. The monoisotopic (exact) mass is 326 g/mol. The van der Waals surface area contributed by atoms with Crippen LogP contribution in [0, 0.1) is 0 Å². The van der Waals surface area contributed by atoms with Crippen molar-refractivity contribution in [3.8, 4) is 0 Å². The number of rotatable bonds is 2. The van der Waals surface area contributed by atoms with Gasteiger partial charge < -0.3 is 4.90 Å². The molecule has 23 heavy (non-hydrogen) atoms. The van der Waals surface area contributed by atoms with E-state index in [1.807, 2.05) is 41.6 Å². The van der Waals surface area contributed by atoms with Crippen LogP contribution in [0.15, 0.2) is 36.7 Å². The summed E-state index contributed by atoms with van der Waals surface area (Å²) >= 11 is 5.88.